The maximum absolute atomic E-state index is 12.3. The number of carbonyl (C=O) groups is 2. The van der Waals surface area contributed by atoms with Crippen molar-refractivity contribution in [3.8, 4) is 5.75 Å². The highest BCUT2D eigenvalue weighted by molar-refractivity contribution is 5.96. The van der Waals surface area contributed by atoms with E-state index in [9.17, 15) is 9.59 Å². The fourth-order valence-electron chi connectivity index (χ4n) is 3.22. The minimum Gasteiger partial charge on any atom is -0.496 e. The Balaban J connectivity index is 1.59. The molecule has 3 rings (SSSR count). The Hall–Kier alpha value is -2.83. The highest BCUT2D eigenvalue weighted by atomic mass is 16.5. The Bertz CT molecular complexity index is 794. The van der Waals surface area contributed by atoms with Crippen LogP contribution < -0.4 is 10.1 Å². The molecule has 1 heterocycles. The number of esters is 1. The third-order valence-electron chi connectivity index (χ3n) is 4.52. The van der Waals surface area contributed by atoms with Gasteiger partial charge in [0.15, 0.2) is 6.61 Å². The van der Waals surface area contributed by atoms with E-state index in [2.05, 4.69) is 10.4 Å². The number of hydrogen-bond acceptors (Lipinski definition) is 5. The second-order valence-corrected chi connectivity index (χ2v) is 6.43. The summed E-state index contributed by atoms with van der Waals surface area (Å²) in [6.45, 7) is 1.50. The van der Waals surface area contributed by atoms with E-state index >= 15 is 0 Å². The molecule has 1 aliphatic carbocycles. The van der Waals surface area contributed by atoms with Gasteiger partial charge in [0.05, 0.1) is 19.3 Å². The summed E-state index contributed by atoms with van der Waals surface area (Å²) in [4.78, 5) is 24.4. The Morgan fingerprint density at radius 1 is 1.27 bits per heavy atom. The molecule has 1 fully saturated rings. The van der Waals surface area contributed by atoms with Crippen LogP contribution in [0.2, 0.25) is 0 Å². The van der Waals surface area contributed by atoms with Crippen molar-refractivity contribution in [2.45, 2.75) is 38.6 Å². The average Bonchev–Trinajstić information content (AvgIpc) is 3.31. The number of nitrogens with one attached hydrogen (secondary N) is 1. The van der Waals surface area contributed by atoms with Crippen molar-refractivity contribution in [2.75, 3.05) is 19.0 Å². The first-order valence-electron chi connectivity index (χ1n) is 8.73. The molecule has 138 valence electrons. The van der Waals surface area contributed by atoms with Crippen LogP contribution in [0.1, 0.15) is 47.6 Å². The van der Waals surface area contributed by atoms with Crippen LogP contribution in [0.15, 0.2) is 30.5 Å². The van der Waals surface area contributed by atoms with Crippen LogP contribution in [0.3, 0.4) is 0 Å². The normalized spacial score (nSPS) is 14.2. The van der Waals surface area contributed by atoms with Crippen molar-refractivity contribution >= 4 is 17.7 Å². The Morgan fingerprint density at radius 2 is 2.04 bits per heavy atom. The highest BCUT2D eigenvalue weighted by Gasteiger charge is 2.21. The summed E-state index contributed by atoms with van der Waals surface area (Å²) in [5, 5.41) is 7.07. The summed E-state index contributed by atoms with van der Waals surface area (Å²) in [6, 6.07) is 7.29. The van der Waals surface area contributed by atoms with E-state index in [-0.39, 0.29) is 6.61 Å². The minimum atomic E-state index is -0.593. The first-order chi connectivity index (χ1) is 12.6. The van der Waals surface area contributed by atoms with E-state index in [1.807, 2.05) is 17.7 Å². The molecule has 1 saturated carbocycles. The zero-order valence-corrected chi connectivity index (χ0v) is 15.0. The molecule has 1 amide bonds. The number of carbonyl (C=O) groups excluding carboxylic acids is 2. The molecule has 7 heteroatoms. The molecule has 0 unspecified atom stereocenters. The van der Waals surface area contributed by atoms with E-state index < -0.39 is 11.9 Å². The standard InChI is InChI=1S/C19H23N3O4/c1-13-7-8-16(25-2)15(11-13)19(24)26-12-18(23)21-17-9-10-20-22(17)14-5-3-4-6-14/h7-11,14H,3-6,12H2,1-2H3,(H,21,23). The van der Waals surface area contributed by atoms with E-state index in [4.69, 9.17) is 9.47 Å². The number of aryl methyl sites for hydroxylation is 1. The first-order valence-corrected chi connectivity index (χ1v) is 8.73. The fraction of sp³-hybridized carbons (Fsp3) is 0.421. The average molecular weight is 357 g/mol. The van der Waals surface area contributed by atoms with Crippen LogP contribution in [-0.4, -0.2) is 35.4 Å². The van der Waals surface area contributed by atoms with Gasteiger partial charge in [0.1, 0.15) is 17.1 Å². The number of rotatable bonds is 6. The Kier molecular flexibility index (Phi) is 5.55. The van der Waals surface area contributed by atoms with Gasteiger partial charge in [0.2, 0.25) is 0 Å². The molecule has 0 spiro atoms. The van der Waals surface area contributed by atoms with Crippen LogP contribution in [-0.2, 0) is 9.53 Å². The minimum absolute atomic E-state index is 0.302. The number of methoxy groups -OCH3 is 1. The van der Waals surface area contributed by atoms with Gasteiger partial charge in [0, 0.05) is 6.07 Å². The lowest BCUT2D eigenvalue weighted by Gasteiger charge is -2.15. The molecule has 1 aromatic carbocycles. The topological polar surface area (TPSA) is 82.4 Å². The lowest BCUT2D eigenvalue weighted by atomic mass is 10.1. The van der Waals surface area contributed by atoms with Gasteiger partial charge in [-0.05, 0) is 31.9 Å². The lowest BCUT2D eigenvalue weighted by molar-refractivity contribution is -0.119. The summed E-state index contributed by atoms with van der Waals surface area (Å²) in [5.41, 5.74) is 1.21. The third-order valence-corrected chi connectivity index (χ3v) is 4.52. The second kappa shape index (κ2) is 8.03. The van der Waals surface area contributed by atoms with Crippen LogP contribution >= 0.6 is 0 Å². The van der Waals surface area contributed by atoms with E-state index in [1.165, 1.54) is 20.0 Å². The van der Waals surface area contributed by atoms with Gasteiger partial charge in [-0.1, -0.05) is 24.5 Å². The fourth-order valence-corrected chi connectivity index (χ4v) is 3.22. The zero-order valence-electron chi connectivity index (χ0n) is 15.0. The summed E-state index contributed by atoms with van der Waals surface area (Å²) >= 11 is 0. The zero-order chi connectivity index (χ0) is 18.5. The maximum atomic E-state index is 12.3. The van der Waals surface area contributed by atoms with E-state index in [0.29, 0.717) is 23.2 Å². The van der Waals surface area contributed by atoms with Gasteiger partial charge in [-0.3, -0.25) is 4.79 Å². The van der Waals surface area contributed by atoms with Crippen molar-refractivity contribution in [3.63, 3.8) is 0 Å². The van der Waals surface area contributed by atoms with Gasteiger partial charge in [0.25, 0.3) is 5.91 Å². The van der Waals surface area contributed by atoms with Gasteiger partial charge < -0.3 is 14.8 Å². The van der Waals surface area contributed by atoms with Crippen LogP contribution in [0, 0.1) is 6.92 Å². The predicted molar refractivity (Wildman–Crippen MR) is 96.4 cm³/mol. The molecule has 1 N–H and O–H groups in total. The van der Waals surface area contributed by atoms with Crippen molar-refractivity contribution in [1.29, 1.82) is 0 Å². The number of hydrogen-bond donors (Lipinski definition) is 1. The summed E-state index contributed by atoms with van der Waals surface area (Å²) in [7, 11) is 1.48. The third kappa shape index (κ3) is 4.04. The number of ether oxygens (including phenoxy) is 2. The van der Waals surface area contributed by atoms with Crippen molar-refractivity contribution in [3.05, 3.63) is 41.6 Å². The summed E-state index contributed by atoms with van der Waals surface area (Å²) in [5.74, 6) is 0.0566. The number of aromatic nitrogens is 2. The summed E-state index contributed by atoms with van der Waals surface area (Å²) in [6.07, 6.45) is 6.14. The first kappa shape index (κ1) is 18.0. The molecular formula is C19H23N3O4. The molecule has 1 aliphatic rings. The molecule has 7 nitrogen and oxygen atoms in total. The molecule has 0 bridgehead atoms. The largest absolute Gasteiger partial charge is 0.496 e. The van der Waals surface area contributed by atoms with Crippen molar-refractivity contribution in [2.24, 2.45) is 0 Å². The lowest BCUT2D eigenvalue weighted by Crippen LogP contribution is -2.23. The van der Waals surface area contributed by atoms with Gasteiger partial charge in [-0.15, -0.1) is 0 Å². The number of amides is 1. The van der Waals surface area contributed by atoms with Gasteiger partial charge in [-0.2, -0.15) is 5.10 Å². The molecule has 26 heavy (non-hydrogen) atoms. The van der Waals surface area contributed by atoms with E-state index in [1.54, 1.807) is 24.4 Å². The van der Waals surface area contributed by atoms with Crippen LogP contribution in [0.25, 0.3) is 0 Å². The molecule has 0 aliphatic heterocycles. The maximum Gasteiger partial charge on any atom is 0.342 e. The Labute approximate surface area is 152 Å². The van der Waals surface area contributed by atoms with Crippen LogP contribution in [0.5, 0.6) is 5.75 Å². The molecular weight excluding hydrogens is 334 g/mol. The van der Waals surface area contributed by atoms with Crippen molar-refractivity contribution < 1.29 is 19.1 Å². The highest BCUT2D eigenvalue weighted by Crippen LogP contribution is 2.31. The van der Waals surface area contributed by atoms with Gasteiger partial charge >= 0.3 is 5.97 Å². The van der Waals surface area contributed by atoms with Gasteiger partial charge in [-0.25, -0.2) is 9.48 Å². The molecule has 0 radical (unpaired) electrons. The number of nitrogens with zero attached hydrogens (tertiary/aromatic N) is 2. The number of anilines is 1. The molecule has 1 aromatic heterocycles. The monoisotopic (exact) mass is 357 g/mol. The quantitative estimate of drug-likeness (QED) is 0.803. The molecule has 2 aromatic rings. The Morgan fingerprint density at radius 3 is 2.77 bits per heavy atom. The smallest absolute Gasteiger partial charge is 0.342 e. The predicted octanol–water partition coefficient (Wildman–Crippen LogP) is 3.11. The van der Waals surface area contributed by atoms with Crippen molar-refractivity contribution in [1.82, 2.24) is 9.78 Å². The SMILES string of the molecule is COc1ccc(C)cc1C(=O)OCC(=O)Nc1ccnn1C1CCCC1. The summed E-state index contributed by atoms with van der Waals surface area (Å²) < 4.78 is 12.2. The second-order valence-electron chi connectivity index (χ2n) is 6.43. The van der Waals surface area contributed by atoms with E-state index in [0.717, 1.165) is 18.4 Å². The number of benzene rings is 1. The van der Waals surface area contributed by atoms with Crippen LogP contribution in [0.4, 0.5) is 5.82 Å². The molecule has 0 atom stereocenters. The molecule has 0 saturated heterocycles.